The number of nitrogens with one attached hydrogen (secondary N) is 3. The summed E-state index contributed by atoms with van der Waals surface area (Å²) in [7, 11) is 5.01. The zero-order valence-corrected chi connectivity index (χ0v) is 62.4. The Morgan fingerprint density at radius 2 is 0.921 bits per heavy atom. The van der Waals surface area contributed by atoms with Gasteiger partial charge in [-0.3, -0.25) is 9.59 Å². The SMILES string of the molecule is CN(Cc1cc(OC2=NC3C=CC=C(C(=O)Nc4cccc(C(F)(F)F)c4)C3C=C2)ncn1)C(=O)OC(C)(C)C.CN(Cc1cc(Oc2ccc3c(C(=O)O)cccc3n2)ncn1)C(=O)OC(C)(C)C.CNCc1cc(OC2=NC3C=CC=C(C(=O)Nc4cccc(C(F)(F)F)c4)C3C=C2)ncn1.Nc1cccc(C(F)(F)F)c1. The smallest absolute Gasteiger partial charge is 0.416 e. The number of allylic oxidation sites excluding steroid dienone is 4. The average Bonchev–Trinajstić information content (AvgIpc) is 0.816. The molecule has 0 saturated carbocycles. The number of fused-ring (bicyclic) bond motifs is 3. The summed E-state index contributed by atoms with van der Waals surface area (Å²) < 4.78 is 142. The molecule has 0 spiro atoms. The van der Waals surface area contributed by atoms with E-state index in [0.29, 0.717) is 51.8 Å². The van der Waals surface area contributed by atoms with Gasteiger partial charge >= 0.3 is 36.7 Å². The van der Waals surface area contributed by atoms with Crippen LogP contribution < -0.4 is 35.9 Å². The van der Waals surface area contributed by atoms with Crippen molar-refractivity contribution < 1.29 is 92.3 Å². The zero-order chi connectivity index (χ0) is 82.9. The summed E-state index contributed by atoms with van der Waals surface area (Å²) in [6.07, 6.45) is 6.74. The van der Waals surface area contributed by atoms with Crippen LogP contribution >= 0.6 is 0 Å². The maximum absolute atomic E-state index is 13.0. The van der Waals surface area contributed by atoms with E-state index in [9.17, 15) is 68.6 Å². The number of aliphatic imine (C=N–C) groups is 2. The highest BCUT2D eigenvalue weighted by atomic mass is 19.4. The van der Waals surface area contributed by atoms with Crippen molar-refractivity contribution in [2.45, 2.75) is 103 Å². The fourth-order valence-electron chi connectivity index (χ4n) is 10.8. The van der Waals surface area contributed by atoms with E-state index >= 15 is 0 Å². The number of nitrogen functional groups attached to an aromatic ring is 1. The first-order valence-electron chi connectivity index (χ1n) is 34.5. The van der Waals surface area contributed by atoms with E-state index in [2.05, 4.69) is 60.8 Å². The molecule has 8 aromatic rings. The molecule has 12 rings (SSSR count). The number of hydrogen-bond donors (Lipinski definition) is 5. The molecule has 114 heavy (non-hydrogen) atoms. The first kappa shape index (κ1) is 84.8. The summed E-state index contributed by atoms with van der Waals surface area (Å²) in [6.45, 7) is 11.7. The van der Waals surface area contributed by atoms with Gasteiger partial charge in [0.15, 0.2) is 0 Å². The van der Waals surface area contributed by atoms with Crippen molar-refractivity contribution in [1.29, 1.82) is 0 Å². The number of nitrogens with two attached hydrogens (primary N) is 1. The van der Waals surface area contributed by atoms with Gasteiger partial charge in [-0.05, 0) is 134 Å². The Kier molecular flexibility index (Phi) is 27.3. The lowest BCUT2D eigenvalue weighted by Gasteiger charge is -2.27. The minimum atomic E-state index is -4.52. The molecular weight excluding hydrogens is 1510 g/mol. The lowest BCUT2D eigenvalue weighted by atomic mass is 9.85. The highest BCUT2D eigenvalue weighted by Gasteiger charge is 2.36. The number of hydrogen-bond acceptors (Lipinski definition) is 21. The number of amides is 4. The van der Waals surface area contributed by atoms with Crippen LogP contribution in [0.1, 0.15) is 85.7 Å². The molecule has 6 N–H and O–H groups in total. The van der Waals surface area contributed by atoms with Crippen molar-refractivity contribution in [2.75, 3.05) is 37.5 Å². The van der Waals surface area contributed by atoms with E-state index in [1.165, 1.54) is 71.2 Å². The number of ether oxygens (including phenoxy) is 5. The molecule has 0 bridgehead atoms. The minimum Gasteiger partial charge on any atom is -0.478 e. The number of aromatic nitrogens is 7. The van der Waals surface area contributed by atoms with E-state index in [0.717, 1.165) is 42.1 Å². The van der Waals surface area contributed by atoms with Crippen LogP contribution in [-0.2, 0) is 57.2 Å². The summed E-state index contributed by atoms with van der Waals surface area (Å²) >= 11 is 0. The number of anilines is 3. The van der Waals surface area contributed by atoms with Gasteiger partial charge in [-0.1, -0.05) is 72.9 Å². The largest absolute Gasteiger partial charge is 0.478 e. The van der Waals surface area contributed by atoms with E-state index in [4.69, 9.17) is 29.4 Å². The standard InChI is InChI=1S/C28H28F3N5O4.C23H20F3N5O2.C21H22N4O5.C7H6F3N/c1-27(2,3)40-26(38)36(4)15-19-14-24(33-16-32-19)39-23-12-11-20-21(9-6-10-22(20)35-23)25(37)34-18-8-5-7-17(13-18)28(29,30)31;1-27-12-16-11-21(29-13-28-16)33-20-9-8-17-18(6-3-7-19(17)31-20)22(32)30-15-5-2-4-14(10-15)23(24,25)26;1-21(2,3)30-20(28)25(4)11-13-10-18(23-12-22-13)29-17-9-8-14-15(19(26)27)6-5-7-16(14)24-17;8-7(9,10)5-2-1-3-6(11)4-5/h5-14,16,20,22H,15H2,1-4H3,(H,34,37);2-11,13,17,19,27H,12H2,1H3,(H,30,32);5-10,12H,11H2,1-4H3,(H,26,27);1-4H,11H2. The Morgan fingerprint density at radius 3 is 1.34 bits per heavy atom. The molecule has 596 valence electrons. The van der Waals surface area contributed by atoms with Gasteiger partial charge in [-0.25, -0.2) is 59.3 Å². The van der Waals surface area contributed by atoms with Crippen LogP contribution in [0.5, 0.6) is 23.5 Å². The summed E-state index contributed by atoms with van der Waals surface area (Å²) in [5.41, 5.74) is 5.00. The van der Waals surface area contributed by atoms with Gasteiger partial charge < -0.3 is 60.3 Å². The second-order valence-corrected chi connectivity index (χ2v) is 27.3. The number of rotatable bonds is 15. The third-order valence-corrected chi connectivity index (χ3v) is 15.9. The van der Waals surface area contributed by atoms with Crippen LogP contribution in [0.25, 0.3) is 10.9 Å². The molecule has 4 aromatic carbocycles. The maximum Gasteiger partial charge on any atom is 0.416 e. The third kappa shape index (κ3) is 24.9. The Morgan fingerprint density at radius 1 is 0.500 bits per heavy atom. The van der Waals surface area contributed by atoms with Gasteiger partial charge in [-0.15, -0.1) is 0 Å². The second-order valence-electron chi connectivity index (χ2n) is 27.3. The quantitative estimate of drug-likeness (QED) is 0.0470. The van der Waals surface area contributed by atoms with Crippen molar-refractivity contribution in [1.82, 2.24) is 50.0 Å². The number of nitrogens with zero attached hydrogens (tertiary/aromatic N) is 11. The molecule has 0 radical (unpaired) electrons. The van der Waals surface area contributed by atoms with Crippen molar-refractivity contribution >= 4 is 69.7 Å². The van der Waals surface area contributed by atoms with Crippen molar-refractivity contribution in [3.05, 3.63) is 252 Å². The van der Waals surface area contributed by atoms with Crippen molar-refractivity contribution in [3.8, 4) is 23.5 Å². The fourth-order valence-corrected chi connectivity index (χ4v) is 10.8. The number of carbonyl (C=O) groups excluding carboxylic acids is 4. The predicted octanol–water partition coefficient (Wildman–Crippen LogP) is 15.2. The molecule has 4 amide bonds. The average molecular weight is 1580 g/mol. The molecule has 2 aliphatic carbocycles. The number of alkyl halides is 9. The predicted molar refractivity (Wildman–Crippen MR) is 402 cm³/mol. The molecule has 26 nitrogen and oxygen atoms in total. The minimum absolute atomic E-state index is 0.0380. The second kappa shape index (κ2) is 36.8. The van der Waals surface area contributed by atoms with Gasteiger partial charge in [0.05, 0.1) is 70.0 Å². The molecule has 2 aliphatic heterocycles. The number of aromatic carboxylic acids is 1. The van der Waals surface area contributed by atoms with Crippen LogP contribution in [-0.4, -0.2) is 136 Å². The summed E-state index contributed by atoms with van der Waals surface area (Å²) in [5, 5.41) is 17.9. The zero-order valence-electron chi connectivity index (χ0n) is 62.4. The number of benzene rings is 4. The number of carboxylic acid groups (broad SMARTS) is 1. The molecular formula is C79H76F9N15O11. The number of pyridine rings is 1. The van der Waals surface area contributed by atoms with Crippen LogP contribution in [0.15, 0.2) is 222 Å². The van der Waals surface area contributed by atoms with Crippen LogP contribution in [0, 0.1) is 11.8 Å². The first-order valence-corrected chi connectivity index (χ1v) is 34.5. The Labute approximate surface area is 646 Å². The van der Waals surface area contributed by atoms with E-state index in [-0.39, 0.29) is 65.2 Å². The first-order chi connectivity index (χ1) is 53.7. The molecule has 6 heterocycles. The number of halogens is 9. The Bertz CT molecular complexity index is 5110. The molecule has 0 saturated heterocycles. The normalized spacial score (nSPS) is 16.1. The van der Waals surface area contributed by atoms with E-state index in [1.807, 2.05) is 6.08 Å². The lowest BCUT2D eigenvalue weighted by molar-refractivity contribution is -0.138. The van der Waals surface area contributed by atoms with E-state index < -0.39 is 94.4 Å². The molecule has 4 atom stereocenters. The highest BCUT2D eigenvalue weighted by Crippen LogP contribution is 2.36. The van der Waals surface area contributed by atoms with Gasteiger partial charge in [-0.2, -0.15) is 39.5 Å². The van der Waals surface area contributed by atoms with E-state index in [1.54, 1.807) is 160 Å². The van der Waals surface area contributed by atoms with Crippen molar-refractivity contribution in [2.24, 2.45) is 21.8 Å². The third-order valence-electron chi connectivity index (χ3n) is 15.9. The Balaban J connectivity index is 0.000000185. The van der Waals surface area contributed by atoms with Crippen LogP contribution in [0.3, 0.4) is 0 Å². The summed E-state index contributed by atoms with van der Waals surface area (Å²) in [5.74, 6) is -1.23. The van der Waals surface area contributed by atoms with Crippen molar-refractivity contribution in [3.63, 3.8) is 0 Å². The molecule has 35 heteroatoms. The molecule has 4 aliphatic rings. The Hall–Kier alpha value is -13.2. The van der Waals surface area contributed by atoms with Gasteiger partial charge in [0.1, 0.15) is 30.2 Å². The van der Waals surface area contributed by atoms with Gasteiger partial charge in [0.25, 0.3) is 11.8 Å². The van der Waals surface area contributed by atoms with Crippen LogP contribution in [0.2, 0.25) is 0 Å². The van der Waals surface area contributed by atoms with Gasteiger partial charge in [0.2, 0.25) is 35.3 Å². The van der Waals surface area contributed by atoms with Crippen LogP contribution in [0.4, 0.5) is 66.2 Å². The molecule has 4 unspecified atom stereocenters. The molecule has 4 aromatic heterocycles. The lowest BCUT2D eigenvalue weighted by Crippen LogP contribution is -2.34. The van der Waals surface area contributed by atoms with Gasteiger partial charge in [0, 0.05) is 90.3 Å². The summed E-state index contributed by atoms with van der Waals surface area (Å²) in [6, 6.07) is 25.6. The summed E-state index contributed by atoms with van der Waals surface area (Å²) in [4.78, 5) is 102. The fraction of sp³-hybridized carbons (Fsp3) is 0.266. The number of dihydropyridines is 2. The maximum atomic E-state index is 13.0. The highest BCUT2D eigenvalue weighted by molar-refractivity contribution is 6.07. The molecule has 0 fully saturated rings. The number of carbonyl (C=O) groups is 5. The number of carboxylic acids is 1. The topological polar surface area (TPSA) is 335 Å². The monoisotopic (exact) mass is 1580 g/mol.